The van der Waals surface area contributed by atoms with Gasteiger partial charge in [-0.1, -0.05) is 38.1 Å². The van der Waals surface area contributed by atoms with Crippen molar-refractivity contribution in [2.45, 2.75) is 20.3 Å². The van der Waals surface area contributed by atoms with Crippen molar-refractivity contribution in [2.75, 3.05) is 12.4 Å². The Hall–Kier alpha value is -0.890. The van der Waals surface area contributed by atoms with Crippen LogP contribution in [0.5, 0.6) is 5.75 Å². The minimum Gasteiger partial charge on any atom is -0.493 e. The van der Waals surface area contributed by atoms with Crippen LogP contribution >= 0.6 is 12.6 Å². The first-order chi connectivity index (χ1) is 8.19. The van der Waals surface area contributed by atoms with Crippen LogP contribution in [0.15, 0.2) is 36.9 Å². The molecule has 0 aliphatic heterocycles. The Morgan fingerprint density at radius 2 is 2.06 bits per heavy atom. The summed E-state index contributed by atoms with van der Waals surface area (Å²) in [6, 6.07) is 8.15. The Morgan fingerprint density at radius 3 is 2.65 bits per heavy atom. The maximum absolute atomic E-state index is 5.91. The topological polar surface area (TPSA) is 9.23 Å². The summed E-state index contributed by atoms with van der Waals surface area (Å²) in [4.78, 5) is 0. The van der Waals surface area contributed by atoms with Crippen LogP contribution in [-0.4, -0.2) is 12.4 Å². The van der Waals surface area contributed by atoms with Crippen LogP contribution in [-0.2, 0) is 6.42 Å². The summed E-state index contributed by atoms with van der Waals surface area (Å²) in [6.07, 6.45) is 2.75. The van der Waals surface area contributed by atoms with Gasteiger partial charge < -0.3 is 4.74 Å². The summed E-state index contributed by atoms with van der Waals surface area (Å²) in [5.41, 5.74) is 1.20. The van der Waals surface area contributed by atoms with Gasteiger partial charge in [0.1, 0.15) is 5.75 Å². The third-order valence-corrected chi connectivity index (χ3v) is 3.44. The number of hydrogen-bond donors (Lipinski definition) is 1. The van der Waals surface area contributed by atoms with Gasteiger partial charge in [0.15, 0.2) is 0 Å². The molecule has 1 aromatic rings. The maximum Gasteiger partial charge on any atom is 0.122 e. The van der Waals surface area contributed by atoms with Crippen molar-refractivity contribution in [1.82, 2.24) is 0 Å². The number of para-hydroxylation sites is 1. The fourth-order valence-electron chi connectivity index (χ4n) is 1.62. The maximum atomic E-state index is 5.91. The molecule has 2 heteroatoms. The quantitative estimate of drug-likeness (QED) is 0.568. The Bertz CT molecular complexity index is 347. The lowest BCUT2D eigenvalue weighted by Gasteiger charge is -2.20. The molecule has 0 heterocycles. The molecule has 0 aromatic heterocycles. The first-order valence-corrected chi connectivity index (χ1v) is 6.74. The number of rotatable bonds is 7. The van der Waals surface area contributed by atoms with E-state index in [2.05, 4.69) is 39.1 Å². The summed E-state index contributed by atoms with van der Waals surface area (Å²) < 4.78 is 5.91. The number of thiol groups is 1. The van der Waals surface area contributed by atoms with Gasteiger partial charge in [0.05, 0.1) is 6.61 Å². The molecule has 1 rings (SSSR count). The third-order valence-electron chi connectivity index (χ3n) is 2.97. The zero-order valence-electron chi connectivity index (χ0n) is 10.7. The molecule has 1 unspecified atom stereocenters. The van der Waals surface area contributed by atoms with Gasteiger partial charge >= 0.3 is 0 Å². The first-order valence-electron chi connectivity index (χ1n) is 6.11. The van der Waals surface area contributed by atoms with Gasteiger partial charge in [-0.05, 0) is 29.7 Å². The van der Waals surface area contributed by atoms with Gasteiger partial charge in [-0.15, -0.1) is 6.58 Å². The minimum atomic E-state index is 0.495. The van der Waals surface area contributed by atoms with Crippen molar-refractivity contribution in [3.63, 3.8) is 0 Å². The highest BCUT2D eigenvalue weighted by Gasteiger charge is 2.13. The van der Waals surface area contributed by atoms with Gasteiger partial charge in [0.2, 0.25) is 0 Å². The number of ether oxygens (including phenoxy) is 1. The summed E-state index contributed by atoms with van der Waals surface area (Å²) >= 11 is 4.37. The lowest BCUT2D eigenvalue weighted by molar-refractivity contribution is 0.225. The van der Waals surface area contributed by atoms with E-state index in [4.69, 9.17) is 4.74 Å². The largest absolute Gasteiger partial charge is 0.493 e. The van der Waals surface area contributed by atoms with Gasteiger partial charge in [-0.25, -0.2) is 0 Å². The summed E-state index contributed by atoms with van der Waals surface area (Å²) in [5, 5.41) is 0. The van der Waals surface area contributed by atoms with E-state index in [1.165, 1.54) is 5.56 Å². The van der Waals surface area contributed by atoms with Crippen LogP contribution in [0.25, 0.3) is 0 Å². The van der Waals surface area contributed by atoms with E-state index in [1.807, 2.05) is 24.3 Å². The van der Waals surface area contributed by atoms with Crippen LogP contribution in [0, 0.1) is 11.8 Å². The molecule has 0 bridgehead atoms. The van der Waals surface area contributed by atoms with Crippen molar-refractivity contribution in [3.05, 3.63) is 42.5 Å². The van der Waals surface area contributed by atoms with Crippen LogP contribution in [0.4, 0.5) is 0 Å². The smallest absolute Gasteiger partial charge is 0.122 e. The van der Waals surface area contributed by atoms with Gasteiger partial charge in [0.25, 0.3) is 0 Å². The Morgan fingerprint density at radius 1 is 1.35 bits per heavy atom. The minimum absolute atomic E-state index is 0.495. The van der Waals surface area contributed by atoms with Crippen molar-refractivity contribution in [1.29, 1.82) is 0 Å². The molecule has 1 aromatic carbocycles. The Kier molecular flexibility index (Phi) is 6.20. The first kappa shape index (κ1) is 14.2. The molecule has 1 atom stereocenters. The lowest BCUT2D eigenvalue weighted by Crippen LogP contribution is -2.19. The van der Waals surface area contributed by atoms with E-state index in [0.717, 1.165) is 24.5 Å². The van der Waals surface area contributed by atoms with Gasteiger partial charge in [0, 0.05) is 5.92 Å². The molecule has 0 aliphatic rings. The molecule has 0 aliphatic carbocycles. The Balaban J connectivity index is 2.64. The number of hydrogen-bond acceptors (Lipinski definition) is 2. The molecule has 0 saturated heterocycles. The van der Waals surface area contributed by atoms with Crippen molar-refractivity contribution in [2.24, 2.45) is 11.8 Å². The molecular formula is C15H22OS. The molecule has 1 nitrogen and oxygen atoms in total. The highest BCUT2D eigenvalue weighted by molar-refractivity contribution is 7.80. The molecule has 0 spiro atoms. The molecule has 0 fully saturated rings. The van der Waals surface area contributed by atoms with Crippen LogP contribution in [0.3, 0.4) is 0 Å². The SMILES string of the molecule is C=CCc1ccccc1OCC(CS)C(C)C. The molecule has 0 N–H and O–H groups in total. The normalized spacial score (nSPS) is 12.5. The van der Waals surface area contributed by atoms with E-state index in [1.54, 1.807) is 0 Å². The number of allylic oxidation sites excluding steroid dienone is 1. The molecule has 0 amide bonds. The zero-order chi connectivity index (χ0) is 12.7. The second-order valence-corrected chi connectivity index (χ2v) is 4.96. The third kappa shape index (κ3) is 4.47. The van der Waals surface area contributed by atoms with Crippen LogP contribution in [0.1, 0.15) is 19.4 Å². The van der Waals surface area contributed by atoms with Gasteiger partial charge in [-0.2, -0.15) is 12.6 Å². The van der Waals surface area contributed by atoms with Crippen molar-refractivity contribution >= 4 is 12.6 Å². The highest BCUT2D eigenvalue weighted by Crippen LogP contribution is 2.21. The van der Waals surface area contributed by atoms with Crippen molar-refractivity contribution in [3.8, 4) is 5.75 Å². The van der Waals surface area contributed by atoms with Crippen molar-refractivity contribution < 1.29 is 4.74 Å². The van der Waals surface area contributed by atoms with Gasteiger partial charge in [-0.3, -0.25) is 0 Å². The van der Waals surface area contributed by atoms with Crippen LogP contribution < -0.4 is 4.74 Å². The fourth-order valence-corrected chi connectivity index (χ4v) is 2.15. The fraction of sp³-hybridized carbons (Fsp3) is 0.467. The molecule has 17 heavy (non-hydrogen) atoms. The zero-order valence-corrected chi connectivity index (χ0v) is 11.6. The monoisotopic (exact) mass is 250 g/mol. The second kappa shape index (κ2) is 7.44. The molecular weight excluding hydrogens is 228 g/mol. The van der Waals surface area contributed by atoms with E-state index >= 15 is 0 Å². The van der Waals surface area contributed by atoms with E-state index in [-0.39, 0.29) is 0 Å². The lowest BCUT2D eigenvalue weighted by atomic mass is 9.99. The summed E-state index contributed by atoms with van der Waals surface area (Å²) in [7, 11) is 0. The average Bonchev–Trinajstić information content (AvgIpc) is 2.32. The Labute approximate surface area is 110 Å². The molecule has 94 valence electrons. The number of benzene rings is 1. The molecule has 0 saturated carbocycles. The van der Waals surface area contributed by atoms with E-state index in [9.17, 15) is 0 Å². The predicted octanol–water partition coefficient (Wildman–Crippen LogP) is 4.00. The summed E-state index contributed by atoms with van der Waals surface area (Å²) in [5.74, 6) is 2.93. The highest BCUT2D eigenvalue weighted by atomic mass is 32.1. The molecule has 0 radical (unpaired) electrons. The average molecular weight is 250 g/mol. The standard InChI is InChI=1S/C15H22OS/c1-4-7-13-8-5-6-9-15(13)16-10-14(11-17)12(2)3/h4-6,8-9,12,14,17H,1,7,10-11H2,2-3H3. The summed E-state index contributed by atoms with van der Waals surface area (Å²) in [6.45, 7) is 8.92. The van der Waals surface area contributed by atoms with Crippen LogP contribution in [0.2, 0.25) is 0 Å². The second-order valence-electron chi connectivity index (χ2n) is 4.60. The van der Waals surface area contributed by atoms with E-state index < -0.39 is 0 Å². The van der Waals surface area contributed by atoms with E-state index in [0.29, 0.717) is 11.8 Å². The predicted molar refractivity (Wildman–Crippen MR) is 78.0 cm³/mol.